The van der Waals surface area contributed by atoms with Crippen molar-refractivity contribution in [3.05, 3.63) is 71.3 Å². The van der Waals surface area contributed by atoms with E-state index < -0.39 is 6.10 Å². The van der Waals surface area contributed by atoms with Gasteiger partial charge >= 0.3 is 0 Å². The van der Waals surface area contributed by atoms with E-state index in [-0.39, 0.29) is 5.82 Å². The Kier molecular flexibility index (Phi) is 2.80. The first-order chi connectivity index (χ1) is 9.16. The number of fused-ring (bicyclic) bond motifs is 1. The SMILES string of the molecule is Cc1ccc(F)cc1C(O)c1cnn2ccccc12. The number of aliphatic hydroxyl groups is 1. The quantitative estimate of drug-likeness (QED) is 0.765. The van der Waals surface area contributed by atoms with Gasteiger partial charge in [-0.25, -0.2) is 8.91 Å². The molecule has 96 valence electrons. The third kappa shape index (κ3) is 2.00. The minimum Gasteiger partial charge on any atom is -0.384 e. The fraction of sp³-hybridized carbons (Fsp3) is 0.133. The van der Waals surface area contributed by atoms with Gasteiger partial charge in [-0.3, -0.25) is 0 Å². The van der Waals surface area contributed by atoms with Crippen molar-refractivity contribution >= 4 is 5.52 Å². The maximum atomic E-state index is 13.3. The van der Waals surface area contributed by atoms with Crippen LogP contribution in [0.15, 0.2) is 48.8 Å². The Morgan fingerprint density at radius 2 is 2.05 bits per heavy atom. The van der Waals surface area contributed by atoms with E-state index in [4.69, 9.17) is 0 Å². The van der Waals surface area contributed by atoms with Crippen molar-refractivity contribution in [2.45, 2.75) is 13.0 Å². The van der Waals surface area contributed by atoms with Gasteiger partial charge in [0.25, 0.3) is 0 Å². The minimum atomic E-state index is -0.879. The molecule has 3 rings (SSSR count). The Bertz CT molecular complexity index is 736. The zero-order valence-corrected chi connectivity index (χ0v) is 10.4. The van der Waals surface area contributed by atoms with Crippen LogP contribution < -0.4 is 0 Å². The maximum absolute atomic E-state index is 13.3. The number of aliphatic hydroxyl groups excluding tert-OH is 1. The van der Waals surface area contributed by atoms with E-state index in [1.54, 1.807) is 16.8 Å². The van der Waals surface area contributed by atoms with Gasteiger partial charge in [-0.2, -0.15) is 5.10 Å². The Labute approximate surface area is 109 Å². The molecule has 0 amide bonds. The van der Waals surface area contributed by atoms with Crippen molar-refractivity contribution in [3.63, 3.8) is 0 Å². The molecule has 0 saturated carbocycles. The first-order valence-electron chi connectivity index (χ1n) is 6.03. The summed E-state index contributed by atoms with van der Waals surface area (Å²) in [4.78, 5) is 0. The fourth-order valence-corrected chi connectivity index (χ4v) is 2.24. The molecular weight excluding hydrogens is 243 g/mol. The molecule has 3 aromatic rings. The van der Waals surface area contributed by atoms with E-state index >= 15 is 0 Å². The number of nitrogens with zero attached hydrogens (tertiary/aromatic N) is 2. The van der Waals surface area contributed by atoms with E-state index in [0.29, 0.717) is 11.1 Å². The van der Waals surface area contributed by atoms with Crippen LogP contribution in [0.4, 0.5) is 4.39 Å². The third-order valence-corrected chi connectivity index (χ3v) is 3.29. The normalized spacial score (nSPS) is 12.8. The highest BCUT2D eigenvalue weighted by Crippen LogP contribution is 2.28. The second kappa shape index (κ2) is 4.48. The molecule has 0 spiro atoms. The van der Waals surface area contributed by atoms with Crippen molar-refractivity contribution < 1.29 is 9.50 Å². The summed E-state index contributed by atoms with van der Waals surface area (Å²) in [6, 6.07) is 10.0. The van der Waals surface area contributed by atoms with Crippen molar-refractivity contribution in [2.24, 2.45) is 0 Å². The molecule has 0 bridgehead atoms. The van der Waals surface area contributed by atoms with E-state index in [1.807, 2.05) is 31.3 Å². The number of aromatic nitrogens is 2. The van der Waals surface area contributed by atoms with Gasteiger partial charge in [-0.15, -0.1) is 0 Å². The smallest absolute Gasteiger partial charge is 0.123 e. The molecule has 0 radical (unpaired) electrons. The summed E-state index contributed by atoms with van der Waals surface area (Å²) < 4.78 is 15.0. The monoisotopic (exact) mass is 256 g/mol. The van der Waals surface area contributed by atoms with Gasteiger partial charge in [0.2, 0.25) is 0 Å². The number of aryl methyl sites for hydroxylation is 1. The van der Waals surface area contributed by atoms with Gasteiger partial charge in [0.05, 0.1) is 11.7 Å². The maximum Gasteiger partial charge on any atom is 0.123 e. The van der Waals surface area contributed by atoms with Crippen LogP contribution in [0.25, 0.3) is 5.52 Å². The summed E-state index contributed by atoms with van der Waals surface area (Å²) in [7, 11) is 0. The van der Waals surface area contributed by atoms with Gasteiger partial charge < -0.3 is 5.11 Å². The van der Waals surface area contributed by atoms with E-state index in [9.17, 15) is 9.50 Å². The van der Waals surface area contributed by atoms with E-state index in [2.05, 4.69) is 5.10 Å². The summed E-state index contributed by atoms with van der Waals surface area (Å²) in [6.45, 7) is 1.85. The molecule has 4 heteroatoms. The van der Waals surface area contributed by atoms with Crippen LogP contribution in [-0.4, -0.2) is 14.7 Å². The molecule has 2 heterocycles. The minimum absolute atomic E-state index is 0.351. The lowest BCUT2D eigenvalue weighted by molar-refractivity contribution is 0.220. The first-order valence-corrected chi connectivity index (χ1v) is 6.03. The molecule has 2 aromatic heterocycles. The average molecular weight is 256 g/mol. The number of halogens is 1. The highest BCUT2D eigenvalue weighted by Gasteiger charge is 2.17. The molecule has 0 aliphatic carbocycles. The summed E-state index contributed by atoms with van der Waals surface area (Å²) in [5, 5.41) is 14.6. The fourth-order valence-electron chi connectivity index (χ4n) is 2.24. The average Bonchev–Trinajstić information content (AvgIpc) is 2.84. The van der Waals surface area contributed by atoms with Gasteiger partial charge in [-0.05, 0) is 42.3 Å². The number of hydrogen-bond donors (Lipinski definition) is 1. The van der Waals surface area contributed by atoms with Crippen LogP contribution in [0.2, 0.25) is 0 Å². The van der Waals surface area contributed by atoms with Crippen LogP contribution in [0.5, 0.6) is 0 Å². The molecule has 1 aromatic carbocycles. The molecule has 1 atom stereocenters. The van der Waals surface area contributed by atoms with Crippen LogP contribution in [0, 0.1) is 12.7 Å². The predicted octanol–water partition coefficient (Wildman–Crippen LogP) is 2.86. The van der Waals surface area contributed by atoms with Crippen molar-refractivity contribution in [1.82, 2.24) is 9.61 Å². The molecule has 3 nitrogen and oxygen atoms in total. The molecule has 0 aliphatic heterocycles. The van der Waals surface area contributed by atoms with Crippen LogP contribution in [0.1, 0.15) is 22.8 Å². The second-order valence-electron chi connectivity index (χ2n) is 4.53. The Morgan fingerprint density at radius 1 is 1.21 bits per heavy atom. The Hall–Kier alpha value is -2.20. The van der Waals surface area contributed by atoms with Gasteiger partial charge in [0.15, 0.2) is 0 Å². The first kappa shape index (κ1) is 11.9. The molecule has 0 saturated heterocycles. The molecule has 0 fully saturated rings. The van der Waals surface area contributed by atoms with Gasteiger partial charge in [-0.1, -0.05) is 12.1 Å². The second-order valence-corrected chi connectivity index (χ2v) is 4.53. The number of benzene rings is 1. The molecule has 19 heavy (non-hydrogen) atoms. The van der Waals surface area contributed by atoms with Gasteiger partial charge in [0.1, 0.15) is 11.9 Å². The van der Waals surface area contributed by atoms with Crippen molar-refractivity contribution in [2.75, 3.05) is 0 Å². The zero-order valence-electron chi connectivity index (χ0n) is 10.4. The van der Waals surface area contributed by atoms with Crippen LogP contribution in [0.3, 0.4) is 0 Å². The summed E-state index contributed by atoms with van der Waals surface area (Å²) >= 11 is 0. The van der Waals surface area contributed by atoms with Crippen LogP contribution >= 0.6 is 0 Å². The largest absolute Gasteiger partial charge is 0.384 e. The molecule has 1 N–H and O–H groups in total. The van der Waals surface area contributed by atoms with Crippen molar-refractivity contribution in [3.8, 4) is 0 Å². The van der Waals surface area contributed by atoms with E-state index in [1.165, 1.54) is 12.1 Å². The molecular formula is C15H13FN2O. The van der Waals surface area contributed by atoms with Gasteiger partial charge in [0, 0.05) is 11.8 Å². The third-order valence-electron chi connectivity index (χ3n) is 3.29. The lowest BCUT2D eigenvalue weighted by Gasteiger charge is -2.13. The van der Waals surface area contributed by atoms with Crippen LogP contribution in [-0.2, 0) is 0 Å². The lowest BCUT2D eigenvalue weighted by Crippen LogP contribution is -2.02. The number of rotatable bonds is 2. The summed E-state index contributed by atoms with van der Waals surface area (Å²) in [6.07, 6.45) is 2.55. The molecule has 1 unspecified atom stereocenters. The topological polar surface area (TPSA) is 37.5 Å². The Balaban J connectivity index is 2.13. The Morgan fingerprint density at radius 3 is 2.89 bits per heavy atom. The highest BCUT2D eigenvalue weighted by molar-refractivity contribution is 5.56. The zero-order chi connectivity index (χ0) is 13.4. The summed E-state index contributed by atoms with van der Waals surface area (Å²) in [5.74, 6) is -0.351. The lowest BCUT2D eigenvalue weighted by atomic mass is 9.98. The summed E-state index contributed by atoms with van der Waals surface area (Å²) in [5.41, 5.74) is 2.91. The van der Waals surface area contributed by atoms with E-state index in [0.717, 1.165) is 11.1 Å². The molecule has 0 aliphatic rings. The standard InChI is InChI=1S/C15H13FN2O/c1-10-5-6-11(16)8-12(10)15(19)13-9-17-18-7-3-2-4-14(13)18/h2-9,15,19H,1H3. The number of pyridine rings is 1. The van der Waals surface area contributed by atoms with Crippen molar-refractivity contribution in [1.29, 1.82) is 0 Å². The number of hydrogen-bond acceptors (Lipinski definition) is 2. The predicted molar refractivity (Wildman–Crippen MR) is 70.4 cm³/mol. The highest BCUT2D eigenvalue weighted by atomic mass is 19.1.